The van der Waals surface area contributed by atoms with E-state index in [0.29, 0.717) is 12.0 Å². The van der Waals surface area contributed by atoms with E-state index in [0.717, 1.165) is 12.8 Å². The maximum Gasteiger partial charge on any atom is 0.192 e. The van der Waals surface area contributed by atoms with E-state index in [1.807, 2.05) is 6.26 Å². The van der Waals surface area contributed by atoms with Gasteiger partial charge in [0.15, 0.2) is 8.32 Å². The highest BCUT2D eigenvalue weighted by Gasteiger charge is 2.42. The molecular weight excluding hydrogens is 300 g/mol. The molecule has 0 aromatic carbocycles. The van der Waals surface area contributed by atoms with Crippen LogP contribution in [0.1, 0.15) is 69.3 Å². The van der Waals surface area contributed by atoms with Gasteiger partial charge in [-0.15, -0.1) is 0 Å². The van der Waals surface area contributed by atoms with E-state index < -0.39 is 8.32 Å². The predicted octanol–water partition coefficient (Wildman–Crippen LogP) is 5.98. The van der Waals surface area contributed by atoms with Crippen LogP contribution in [-0.4, -0.2) is 14.4 Å². The Bertz CT molecular complexity index is 591. The van der Waals surface area contributed by atoms with Crippen molar-refractivity contribution in [3.05, 3.63) is 35.3 Å². The molecule has 3 rings (SSSR count). The molecule has 2 aliphatic carbocycles. The predicted molar refractivity (Wildman–Crippen MR) is 98.5 cm³/mol. The molecule has 2 nitrogen and oxygen atoms in total. The molecule has 0 spiro atoms. The summed E-state index contributed by atoms with van der Waals surface area (Å²) in [6.45, 7) is 16.0. The molecule has 0 amide bonds. The first kappa shape index (κ1) is 17.0. The first-order chi connectivity index (χ1) is 10.7. The van der Waals surface area contributed by atoms with Gasteiger partial charge in [-0.25, -0.2) is 0 Å². The summed E-state index contributed by atoms with van der Waals surface area (Å²) in [5.41, 5.74) is 4.22. The second-order valence-corrected chi connectivity index (χ2v) is 13.7. The van der Waals surface area contributed by atoms with Crippen molar-refractivity contribution in [1.29, 1.82) is 0 Å². The average molecular weight is 333 g/mol. The lowest BCUT2D eigenvalue weighted by Crippen LogP contribution is -2.43. The first-order valence-corrected chi connectivity index (χ1v) is 12.0. The first-order valence-electron chi connectivity index (χ1n) is 9.13. The Morgan fingerprint density at radius 2 is 1.91 bits per heavy atom. The fourth-order valence-electron chi connectivity index (χ4n) is 3.76. The Morgan fingerprint density at radius 3 is 2.61 bits per heavy atom. The summed E-state index contributed by atoms with van der Waals surface area (Å²) in [6.07, 6.45) is 9.31. The van der Waals surface area contributed by atoms with E-state index in [1.54, 1.807) is 0 Å². The van der Waals surface area contributed by atoms with Crippen molar-refractivity contribution < 1.29 is 8.84 Å². The van der Waals surface area contributed by atoms with E-state index in [1.165, 1.54) is 48.1 Å². The zero-order valence-corrected chi connectivity index (χ0v) is 16.5. The third-order valence-corrected chi connectivity index (χ3v) is 10.7. The molecule has 2 aliphatic rings. The Hall–Kier alpha value is -0.803. The van der Waals surface area contributed by atoms with Crippen LogP contribution < -0.4 is 0 Å². The van der Waals surface area contributed by atoms with Gasteiger partial charge in [0.25, 0.3) is 0 Å². The normalized spacial score (nSPS) is 25.7. The SMILES string of the molecule is C=C1C[C@H](O[Si](C)(C)C(C)(C)C)CC1c1occ2c1CCCC2. The highest BCUT2D eigenvalue weighted by molar-refractivity contribution is 6.74. The van der Waals surface area contributed by atoms with Gasteiger partial charge in [-0.1, -0.05) is 32.9 Å². The summed E-state index contributed by atoms with van der Waals surface area (Å²) in [4.78, 5) is 0. The molecule has 0 saturated heterocycles. The van der Waals surface area contributed by atoms with Crippen LogP contribution >= 0.6 is 0 Å². The van der Waals surface area contributed by atoms with E-state index in [2.05, 4.69) is 40.4 Å². The van der Waals surface area contributed by atoms with E-state index in [-0.39, 0.29) is 5.04 Å². The molecular formula is C20H32O2Si. The van der Waals surface area contributed by atoms with Crippen molar-refractivity contribution in [2.45, 2.75) is 89.5 Å². The Labute approximate surface area is 142 Å². The van der Waals surface area contributed by atoms with Gasteiger partial charge in [-0.2, -0.15) is 0 Å². The maximum absolute atomic E-state index is 6.64. The van der Waals surface area contributed by atoms with E-state index >= 15 is 0 Å². The van der Waals surface area contributed by atoms with Crippen molar-refractivity contribution in [2.75, 3.05) is 0 Å². The van der Waals surface area contributed by atoms with Crippen LogP contribution in [-0.2, 0) is 17.3 Å². The van der Waals surface area contributed by atoms with Crippen LogP contribution in [0.15, 0.2) is 22.8 Å². The van der Waals surface area contributed by atoms with Crippen LogP contribution in [0.4, 0.5) is 0 Å². The molecule has 3 heteroatoms. The highest BCUT2D eigenvalue weighted by atomic mass is 28.4. The molecule has 0 N–H and O–H groups in total. The summed E-state index contributed by atoms with van der Waals surface area (Å²) in [5.74, 6) is 1.57. The maximum atomic E-state index is 6.64. The van der Waals surface area contributed by atoms with Gasteiger partial charge in [0.1, 0.15) is 5.76 Å². The molecule has 1 aromatic rings. The van der Waals surface area contributed by atoms with Crippen LogP contribution in [0, 0.1) is 0 Å². The van der Waals surface area contributed by atoms with Gasteiger partial charge < -0.3 is 8.84 Å². The number of aryl methyl sites for hydroxylation is 1. The van der Waals surface area contributed by atoms with Gasteiger partial charge in [0.2, 0.25) is 0 Å². The van der Waals surface area contributed by atoms with Gasteiger partial charge in [0, 0.05) is 12.0 Å². The Kier molecular flexibility index (Phi) is 4.39. The quantitative estimate of drug-likeness (QED) is 0.501. The van der Waals surface area contributed by atoms with Crippen molar-refractivity contribution in [2.24, 2.45) is 0 Å². The molecule has 0 radical (unpaired) electrons. The minimum atomic E-state index is -1.71. The van der Waals surface area contributed by atoms with Crippen molar-refractivity contribution >= 4 is 8.32 Å². The average Bonchev–Trinajstić information content (AvgIpc) is 3.00. The van der Waals surface area contributed by atoms with Crippen molar-refractivity contribution in [1.82, 2.24) is 0 Å². The van der Waals surface area contributed by atoms with Gasteiger partial charge in [-0.3, -0.25) is 0 Å². The molecule has 23 heavy (non-hydrogen) atoms. The number of furan rings is 1. The van der Waals surface area contributed by atoms with E-state index in [9.17, 15) is 0 Å². The third-order valence-electron chi connectivity index (χ3n) is 6.20. The smallest absolute Gasteiger partial charge is 0.192 e. The second-order valence-electron chi connectivity index (χ2n) is 8.96. The van der Waals surface area contributed by atoms with Crippen LogP contribution in [0.25, 0.3) is 0 Å². The second kappa shape index (κ2) is 5.93. The van der Waals surface area contributed by atoms with Crippen LogP contribution in [0.3, 0.4) is 0 Å². The molecule has 1 unspecified atom stereocenters. The molecule has 1 saturated carbocycles. The van der Waals surface area contributed by atoms with Crippen molar-refractivity contribution in [3.63, 3.8) is 0 Å². The molecule has 128 valence electrons. The Morgan fingerprint density at radius 1 is 1.22 bits per heavy atom. The highest BCUT2D eigenvalue weighted by Crippen LogP contribution is 2.46. The number of fused-ring (bicyclic) bond motifs is 1. The van der Waals surface area contributed by atoms with Crippen LogP contribution in [0.2, 0.25) is 18.1 Å². The van der Waals surface area contributed by atoms with Gasteiger partial charge in [-0.05, 0) is 67.8 Å². The lowest BCUT2D eigenvalue weighted by atomic mass is 9.89. The number of rotatable bonds is 3. The molecule has 2 atom stereocenters. The minimum Gasteiger partial charge on any atom is -0.468 e. The zero-order chi connectivity index (χ0) is 16.8. The Balaban J connectivity index is 1.75. The summed E-state index contributed by atoms with van der Waals surface area (Å²) < 4.78 is 12.7. The lowest BCUT2D eigenvalue weighted by Gasteiger charge is -2.38. The van der Waals surface area contributed by atoms with Crippen molar-refractivity contribution in [3.8, 4) is 0 Å². The minimum absolute atomic E-state index is 0.260. The number of hydrogen-bond donors (Lipinski definition) is 0. The zero-order valence-electron chi connectivity index (χ0n) is 15.5. The fourth-order valence-corrected chi connectivity index (χ4v) is 5.13. The fraction of sp³-hybridized carbons (Fsp3) is 0.700. The van der Waals surface area contributed by atoms with E-state index in [4.69, 9.17) is 8.84 Å². The third kappa shape index (κ3) is 3.23. The van der Waals surface area contributed by atoms with Crippen LogP contribution in [0.5, 0.6) is 0 Å². The molecule has 0 bridgehead atoms. The molecule has 0 aliphatic heterocycles. The largest absolute Gasteiger partial charge is 0.468 e. The summed E-state index contributed by atoms with van der Waals surface area (Å²) >= 11 is 0. The summed E-state index contributed by atoms with van der Waals surface area (Å²) in [6, 6.07) is 0. The summed E-state index contributed by atoms with van der Waals surface area (Å²) in [5, 5.41) is 0.260. The summed E-state index contributed by atoms with van der Waals surface area (Å²) in [7, 11) is -1.71. The van der Waals surface area contributed by atoms with Gasteiger partial charge >= 0.3 is 0 Å². The molecule has 1 heterocycles. The molecule has 1 fully saturated rings. The lowest BCUT2D eigenvalue weighted by molar-refractivity contribution is 0.186. The standard InChI is InChI=1S/C20H32O2Si/c1-14-11-16(22-23(5,6)20(2,3)4)12-18(14)19-17-10-8-7-9-15(17)13-21-19/h13,16,18H,1,7-12H2,2-6H3/t16-,18?/m0/s1. The monoisotopic (exact) mass is 332 g/mol. The van der Waals surface area contributed by atoms with Gasteiger partial charge in [0.05, 0.1) is 6.26 Å². The molecule has 1 aromatic heterocycles. The number of hydrogen-bond acceptors (Lipinski definition) is 2. The topological polar surface area (TPSA) is 22.4 Å².